The molecule has 7 heteroatoms. The van der Waals surface area contributed by atoms with Gasteiger partial charge in [0.1, 0.15) is 30.0 Å². The van der Waals surface area contributed by atoms with E-state index in [9.17, 15) is 9.90 Å². The van der Waals surface area contributed by atoms with Crippen molar-refractivity contribution in [3.63, 3.8) is 0 Å². The van der Waals surface area contributed by atoms with Gasteiger partial charge in [-0.05, 0) is 73.5 Å². The van der Waals surface area contributed by atoms with E-state index in [1.165, 1.54) is 5.56 Å². The van der Waals surface area contributed by atoms with Crippen LogP contribution in [-0.4, -0.2) is 46.9 Å². The number of rotatable bonds is 8. The van der Waals surface area contributed by atoms with Gasteiger partial charge in [0.25, 0.3) is 0 Å². The van der Waals surface area contributed by atoms with Crippen LogP contribution in [0, 0.1) is 13.8 Å². The van der Waals surface area contributed by atoms with Gasteiger partial charge in [0.15, 0.2) is 0 Å². The smallest absolute Gasteiger partial charge is 0.227 e. The van der Waals surface area contributed by atoms with E-state index in [0.717, 1.165) is 39.6 Å². The van der Waals surface area contributed by atoms with E-state index in [0.29, 0.717) is 19.5 Å². The van der Waals surface area contributed by atoms with Crippen molar-refractivity contribution in [2.24, 2.45) is 0 Å². The zero-order chi connectivity index (χ0) is 25.2. The van der Waals surface area contributed by atoms with E-state index in [2.05, 4.69) is 6.92 Å². The van der Waals surface area contributed by atoms with Crippen LogP contribution in [0.5, 0.6) is 11.5 Å². The first-order valence-corrected chi connectivity index (χ1v) is 12.2. The Kier molecular flexibility index (Phi) is 6.65. The first-order chi connectivity index (χ1) is 17.4. The topological polar surface area (TPSA) is 76.8 Å². The third-order valence-electron chi connectivity index (χ3n) is 6.87. The number of hydrogen-bond donors (Lipinski definition) is 1. The maximum atomic E-state index is 13.0. The fraction of sp³-hybridized carbons (Fsp3) is 0.310. The lowest BCUT2D eigenvalue weighted by molar-refractivity contribution is -0.117. The minimum Gasteiger partial charge on any atom is -0.497 e. The lowest BCUT2D eigenvalue weighted by Gasteiger charge is -2.19. The maximum Gasteiger partial charge on any atom is 0.227 e. The fourth-order valence-electron chi connectivity index (χ4n) is 4.75. The number of hydrogen-bond acceptors (Lipinski definition) is 5. The van der Waals surface area contributed by atoms with Gasteiger partial charge in [-0.15, -0.1) is 0 Å². The van der Waals surface area contributed by atoms with Gasteiger partial charge < -0.3 is 24.0 Å². The summed E-state index contributed by atoms with van der Waals surface area (Å²) in [6.07, 6.45) is -0.373. The molecule has 0 bridgehead atoms. The number of aliphatic hydroxyl groups excluding tert-OH is 1. The number of imidazole rings is 1. The first-order valence-electron chi connectivity index (χ1n) is 12.2. The third-order valence-corrected chi connectivity index (χ3v) is 6.87. The number of aromatic nitrogens is 2. The van der Waals surface area contributed by atoms with Crippen molar-refractivity contribution in [3.05, 3.63) is 83.7 Å². The Bertz CT molecular complexity index is 1380. The number of anilines is 1. The van der Waals surface area contributed by atoms with E-state index in [1.54, 1.807) is 12.0 Å². The number of para-hydroxylation sites is 2. The van der Waals surface area contributed by atoms with Crippen LogP contribution in [0.25, 0.3) is 11.0 Å². The van der Waals surface area contributed by atoms with Crippen LogP contribution in [0.2, 0.25) is 0 Å². The van der Waals surface area contributed by atoms with Crippen LogP contribution in [0.3, 0.4) is 0 Å². The summed E-state index contributed by atoms with van der Waals surface area (Å²) in [4.78, 5) is 19.6. The molecule has 1 aliphatic rings. The van der Waals surface area contributed by atoms with Crippen LogP contribution in [0.15, 0.2) is 66.7 Å². The Balaban J connectivity index is 1.36. The SMILES string of the molecule is COc1ccc(N2CC(c3nc4ccccc4n3CC(O)COc3ccc(C)c(C)c3)CC2=O)cc1. The highest BCUT2D eigenvalue weighted by atomic mass is 16.5. The minimum absolute atomic E-state index is 0.0578. The Morgan fingerprint density at radius 1 is 1.03 bits per heavy atom. The van der Waals surface area contributed by atoms with E-state index in [-0.39, 0.29) is 18.4 Å². The Morgan fingerprint density at radius 2 is 1.78 bits per heavy atom. The fourth-order valence-corrected chi connectivity index (χ4v) is 4.75. The van der Waals surface area contributed by atoms with E-state index >= 15 is 0 Å². The molecule has 1 N–H and O–H groups in total. The van der Waals surface area contributed by atoms with Crippen molar-refractivity contribution in [2.45, 2.75) is 38.8 Å². The molecule has 4 aromatic rings. The molecule has 36 heavy (non-hydrogen) atoms. The predicted octanol–water partition coefficient (Wildman–Crippen LogP) is 4.62. The van der Waals surface area contributed by atoms with E-state index < -0.39 is 6.10 Å². The normalized spacial score (nSPS) is 16.5. The number of amides is 1. The number of carbonyl (C=O) groups excluding carboxylic acids is 1. The molecule has 0 spiro atoms. The predicted molar refractivity (Wildman–Crippen MR) is 140 cm³/mol. The van der Waals surface area contributed by atoms with Crippen molar-refractivity contribution in [1.82, 2.24) is 9.55 Å². The molecule has 186 valence electrons. The second-order valence-electron chi connectivity index (χ2n) is 9.38. The zero-order valence-electron chi connectivity index (χ0n) is 20.8. The molecule has 1 fully saturated rings. The number of aryl methyl sites for hydroxylation is 2. The molecule has 1 amide bonds. The van der Waals surface area contributed by atoms with Gasteiger partial charge in [-0.3, -0.25) is 4.79 Å². The molecule has 2 heterocycles. The molecule has 3 aromatic carbocycles. The van der Waals surface area contributed by atoms with Crippen LogP contribution >= 0.6 is 0 Å². The highest BCUT2D eigenvalue weighted by Crippen LogP contribution is 2.34. The van der Waals surface area contributed by atoms with Gasteiger partial charge in [-0.1, -0.05) is 18.2 Å². The average molecular weight is 486 g/mol. The minimum atomic E-state index is -0.738. The summed E-state index contributed by atoms with van der Waals surface area (Å²) < 4.78 is 13.2. The van der Waals surface area contributed by atoms with Gasteiger partial charge in [0.2, 0.25) is 5.91 Å². The van der Waals surface area contributed by atoms with Gasteiger partial charge in [-0.2, -0.15) is 0 Å². The molecule has 1 aromatic heterocycles. The van der Waals surface area contributed by atoms with Gasteiger partial charge in [0, 0.05) is 24.6 Å². The lowest BCUT2D eigenvalue weighted by Crippen LogP contribution is -2.26. The molecule has 1 aliphatic heterocycles. The Morgan fingerprint density at radius 3 is 2.53 bits per heavy atom. The molecule has 0 radical (unpaired) electrons. The molecule has 0 aliphatic carbocycles. The van der Waals surface area contributed by atoms with Crippen molar-refractivity contribution in [3.8, 4) is 11.5 Å². The van der Waals surface area contributed by atoms with Crippen LogP contribution < -0.4 is 14.4 Å². The third kappa shape index (κ3) is 4.79. The number of methoxy groups -OCH3 is 1. The lowest BCUT2D eigenvalue weighted by atomic mass is 10.1. The number of benzene rings is 3. The summed E-state index contributed by atoms with van der Waals surface area (Å²) in [5.41, 5.74) is 4.98. The molecule has 2 unspecified atom stereocenters. The first kappa shape index (κ1) is 23.9. The van der Waals surface area contributed by atoms with Crippen LogP contribution in [0.1, 0.15) is 29.3 Å². The second kappa shape index (κ2) is 10.0. The largest absolute Gasteiger partial charge is 0.497 e. The zero-order valence-corrected chi connectivity index (χ0v) is 20.8. The summed E-state index contributed by atoms with van der Waals surface area (Å²) in [6, 6.07) is 21.3. The second-order valence-corrected chi connectivity index (χ2v) is 9.38. The number of aliphatic hydroxyl groups is 1. The van der Waals surface area contributed by atoms with Gasteiger partial charge >= 0.3 is 0 Å². The van der Waals surface area contributed by atoms with Crippen molar-refractivity contribution < 1.29 is 19.4 Å². The number of carbonyl (C=O) groups is 1. The molecule has 2 atom stereocenters. The highest BCUT2D eigenvalue weighted by Gasteiger charge is 2.35. The summed E-state index contributed by atoms with van der Waals surface area (Å²) in [5, 5.41) is 10.9. The van der Waals surface area contributed by atoms with E-state index in [4.69, 9.17) is 14.5 Å². The summed E-state index contributed by atoms with van der Waals surface area (Å²) >= 11 is 0. The molecular weight excluding hydrogens is 454 g/mol. The monoisotopic (exact) mass is 485 g/mol. The molecule has 7 nitrogen and oxygen atoms in total. The summed E-state index contributed by atoms with van der Waals surface area (Å²) in [7, 11) is 1.62. The molecule has 0 saturated carbocycles. The van der Waals surface area contributed by atoms with Gasteiger partial charge in [0.05, 0.1) is 24.7 Å². The van der Waals surface area contributed by atoms with Crippen molar-refractivity contribution in [1.29, 1.82) is 0 Å². The van der Waals surface area contributed by atoms with Crippen molar-refractivity contribution >= 4 is 22.6 Å². The molecule has 1 saturated heterocycles. The van der Waals surface area contributed by atoms with Crippen LogP contribution in [0.4, 0.5) is 5.69 Å². The highest BCUT2D eigenvalue weighted by molar-refractivity contribution is 5.96. The number of ether oxygens (including phenoxy) is 2. The maximum absolute atomic E-state index is 13.0. The molecular formula is C29H31N3O4. The van der Waals surface area contributed by atoms with Crippen molar-refractivity contribution in [2.75, 3.05) is 25.2 Å². The average Bonchev–Trinajstić information content (AvgIpc) is 3.45. The van der Waals surface area contributed by atoms with Crippen LogP contribution in [-0.2, 0) is 11.3 Å². The Labute approximate surface area is 210 Å². The summed E-state index contributed by atoms with van der Waals surface area (Å²) in [5.74, 6) is 2.28. The summed E-state index contributed by atoms with van der Waals surface area (Å²) in [6.45, 7) is 5.12. The Hall–Kier alpha value is -3.84. The van der Waals surface area contributed by atoms with E-state index in [1.807, 2.05) is 78.2 Å². The number of nitrogens with zero attached hydrogens (tertiary/aromatic N) is 3. The van der Waals surface area contributed by atoms with Gasteiger partial charge in [-0.25, -0.2) is 4.98 Å². The molecule has 5 rings (SSSR count). The standard InChI is InChI=1S/C29H31N3O4/c1-19-8-11-25(14-20(19)2)36-18-23(33)17-32-27-7-5-4-6-26(27)30-29(32)21-15-28(34)31(16-21)22-9-12-24(35-3)13-10-22/h4-14,21,23,33H,15-18H2,1-3H3. The quantitative estimate of drug-likeness (QED) is 0.394. The number of fused-ring (bicyclic) bond motifs is 1.